The van der Waals surface area contributed by atoms with Gasteiger partial charge in [-0.15, -0.1) is 0 Å². The third-order valence-electron chi connectivity index (χ3n) is 4.93. The SMILES string of the molecule is CCC(C)C(CCCCCCC(C)C)OC(=O)c1ccccc1C(=O)O. The molecule has 2 unspecified atom stereocenters. The van der Waals surface area contributed by atoms with Gasteiger partial charge in [-0.05, 0) is 36.8 Å². The quantitative estimate of drug-likeness (QED) is 0.368. The fraction of sp³-hybridized carbons (Fsp3) is 0.636. The van der Waals surface area contributed by atoms with E-state index in [0.29, 0.717) is 0 Å². The van der Waals surface area contributed by atoms with Gasteiger partial charge >= 0.3 is 11.9 Å². The Labute approximate surface area is 158 Å². The Hall–Kier alpha value is -1.84. The van der Waals surface area contributed by atoms with E-state index in [4.69, 9.17) is 4.74 Å². The highest BCUT2D eigenvalue weighted by molar-refractivity contribution is 6.02. The molecule has 0 amide bonds. The van der Waals surface area contributed by atoms with Crippen molar-refractivity contribution in [3.63, 3.8) is 0 Å². The molecular weight excluding hydrogens is 328 g/mol. The topological polar surface area (TPSA) is 63.6 Å². The predicted octanol–water partition coefficient (Wildman–Crippen LogP) is 5.95. The number of hydrogen-bond acceptors (Lipinski definition) is 3. The van der Waals surface area contributed by atoms with Gasteiger partial charge in [0.2, 0.25) is 0 Å². The molecule has 0 aliphatic heterocycles. The number of unbranched alkanes of at least 4 members (excludes halogenated alkanes) is 3. The summed E-state index contributed by atoms with van der Waals surface area (Å²) in [4.78, 5) is 23.8. The van der Waals surface area contributed by atoms with Crippen LogP contribution in [0.2, 0.25) is 0 Å². The van der Waals surface area contributed by atoms with Crippen LogP contribution in [0, 0.1) is 11.8 Å². The molecule has 0 radical (unpaired) electrons. The maximum Gasteiger partial charge on any atom is 0.339 e. The second kappa shape index (κ2) is 11.7. The van der Waals surface area contributed by atoms with Gasteiger partial charge in [0.15, 0.2) is 0 Å². The molecular formula is C22H34O4. The van der Waals surface area contributed by atoms with Gasteiger partial charge in [-0.2, -0.15) is 0 Å². The molecule has 1 aromatic carbocycles. The molecule has 4 heteroatoms. The second-order valence-electron chi connectivity index (χ2n) is 7.57. The lowest BCUT2D eigenvalue weighted by atomic mass is 9.95. The van der Waals surface area contributed by atoms with Crippen molar-refractivity contribution in [2.75, 3.05) is 0 Å². The Kier molecular flexibility index (Phi) is 10.0. The maximum absolute atomic E-state index is 12.5. The van der Waals surface area contributed by atoms with Gasteiger partial charge < -0.3 is 9.84 Å². The minimum absolute atomic E-state index is 0.00548. The van der Waals surface area contributed by atoms with E-state index >= 15 is 0 Å². The maximum atomic E-state index is 12.5. The predicted molar refractivity (Wildman–Crippen MR) is 105 cm³/mol. The van der Waals surface area contributed by atoms with Crippen LogP contribution in [0.25, 0.3) is 0 Å². The van der Waals surface area contributed by atoms with Gasteiger partial charge in [-0.1, -0.05) is 71.9 Å². The molecule has 1 aromatic rings. The molecule has 2 atom stereocenters. The third-order valence-corrected chi connectivity index (χ3v) is 4.93. The number of aromatic carboxylic acids is 1. The largest absolute Gasteiger partial charge is 0.478 e. The van der Waals surface area contributed by atoms with E-state index in [0.717, 1.165) is 31.6 Å². The van der Waals surface area contributed by atoms with E-state index in [9.17, 15) is 14.7 Å². The minimum Gasteiger partial charge on any atom is -0.478 e. The van der Waals surface area contributed by atoms with Gasteiger partial charge in [-0.25, -0.2) is 9.59 Å². The molecule has 146 valence electrons. The van der Waals surface area contributed by atoms with E-state index in [1.807, 2.05) is 0 Å². The van der Waals surface area contributed by atoms with Crippen molar-refractivity contribution in [2.45, 2.75) is 78.7 Å². The lowest BCUT2D eigenvalue weighted by Crippen LogP contribution is -2.26. The van der Waals surface area contributed by atoms with Gasteiger partial charge in [0.25, 0.3) is 0 Å². The normalized spacial score (nSPS) is 13.4. The molecule has 0 aromatic heterocycles. The number of ether oxygens (including phenoxy) is 1. The van der Waals surface area contributed by atoms with Gasteiger partial charge in [0.1, 0.15) is 6.10 Å². The Morgan fingerprint density at radius 1 is 0.962 bits per heavy atom. The second-order valence-corrected chi connectivity index (χ2v) is 7.57. The molecule has 0 aliphatic rings. The van der Waals surface area contributed by atoms with Gasteiger partial charge in [-0.3, -0.25) is 0 Å². The van der Waals surface area contributed by atoms with Crippen LogP contribution in [0.5, 0.6) is 0 Å². The lowest BCUT2D eigenvalue weighted by Gasteiger charge is -2.23. The summed E-state index contributed by atoms with van der Waals surface area (Å²) in [5.74, 6) is -0.638. The standard InChI is InChI=1S/C22H34O4/c1-5-17(4)20(15-9-7-6-8-12-16(2)3)26-22(25)19-14-11-10-13-18(19)21(23)24/h10-11,13-14,16-17,20H,5-9,12,15H2,1-4H3,(H,23,24). The first-order chi connectivity index (χ1) is 12.4. The molecule has 0 spiro atoms. The number of carboxylic acid groups (broad SMARTS) is 1. The number of rotatable bonds is 12. The molecule has 26 heavy (non-hydrogen) atoms. The highest BCUT2D eigenvalue weighted by Crippen LogP contribution is 2.22. The molecule has 4 nitrogen and oxygen atoms in total. The van der Waals surface area contributed by atoms with Crippen molar-refractivity contribution in [3.05, 3.63) is 35.4 Å². The monoisotopic (exact) mass is 362 g/mol. The highest BCUT2D eigenvalue weighted by atomic mass is 16.5. The molecule has 0 bridgehead atoms. The first-order valence-electron chi connectivity index (χ1n) is 9.90. The van der Waals surface area contributed by atoms with Crippen molar-refractivity contribution >= 4 is 11.9 Å². The van der Waals surface area contributed by atoms with Crippen LogP contribution in [0.15, 0.2) is 24.3 Å². The summed E-state index contributed by atoms with van der Waals surface area (Å²) in [6.45, 7) is 8.65. The van der Waals surface area contributed by atoms with Crippen LogP contribution in [-0.2, 0) is 4.74 Å². The molecule has 0 saturated carbocycles. The molecule has 0 heterocycles. The first-order valence-corrected chi connectivity index (χ1v) is 9.90. The smallest absolute Gasteiger partial charge is 0.339 e. The van der Waals surface area contributed by atoms with Crippen LogP contribution < -0.4 is 0 Å². The zero-order chi connectivity index (χ0) is 19.5. The number of benzene rings is 1. The summed E-state index contributed by atoms with van der Waals surface area (Å²) in [7, 11) is 0. The molecule has 0 aliphatic carbocycles. The number of esters is 1. The van der Waals surface area contributed by atoms with E-state index < -0.39 is 11.9 Å². The summed E-state index contributed by atoms with van der Waals surface area (Å²) in [5.41, 5.74) is 0.124. The average molecular weight is 363 g/mol. The van der Waals surface area contributed by atoms with Crippen LogP contribution in [-0.4, -0.2) is 23.1 Å². The molecule has 1 rings (SSSR count). The van der Waals surface area contributed by atoms with E-state index in [1.54, 1.807) is 12.1 Å². The van der Waals surface area contributed by atoms with Crippen LogP contribution >= 0.6 is 0 Å². The Bertz CT molecular complexity index is 565. The van der Waals surface area contributed by atoms with Crippen molar-refractivity contribution in [1.82, 2.24) is 0 Å². The minimum atomic E-state index is -1.11. The van der Waals surface area contributed by atoms with Crippen LogP contribution in [0.3, 0.4) is 0 Å². The fourth-order valence-corrected chi connectivity index (χ4v) is 3.02. The number of carbonyl (C=O) groups is 2. The van der Waals surface area contributed by atoms with Gasteiger partial charge in [0.05, 0.1) is 11.1 Å². The van der Waals surface area contributed by atoms with E-state index in [-0.39, 0.29) is 23.1 Å². The summed E-state index contributed by atoms with van der Waals surface area (Å²) in [6, 6.07) is 6.23. The van der Waals surface area contributed by atoms with Crippen LogP contribution in [0.1, 0.15) is 93.4 Å². The Balaban J connectivity index is 2.62. The number of carbonyl (C=O) groups excluding carboxylic acids is 1. The summed E-state index contributed by atoms with van der Waals surface area (Å²) in [5, 5.41) is 9.26. The molecule has 0 saturated heterocycles. The fourth-order valence-electron chi connectivity index (χ4n) is 3.02. The summed E-state index contributed by atoms with van der Waals surface area (Å²) in [6.07, 6.45) is 7.47. The van der Waals surface area contributed by atoms with Gasteiger partial charge in [0, 0.05) is 0 Å². The summed E-state index contributed by atoms with van der Waals surface area (Å²) < 4.78 is 5.72. The van der Waals surface area contributed by atoms with Crippen molar-refractivity contribution in [1.29, 1.82) is 0 Å². The van der Waals surface area contributed by atoms with E-state index in [1.165, 1.54) is 31.4 Å². The van der Waals surface area contributed by atoms with Crippen molar-refractivity contribution < 1.29 is 19.4 Å². The number of hydrogen-bond donors (Lipinski definition) is 1. The Morgan fingerprint density at radius 3 is 2.08 bits per heavy atom. The first kappa shape index (κ1) is 22.2. The average Bonchev–Trinajstić information content (AvgIpc) is 2.62. The van der Waals surface area contributed by atoms with Crippen molar-refractivity contribution in [2.24, 2.45) is 11.8 Å². The zero-order valence-electron chi connectivity index (χ0n) is 16.7. The third kappa shape index (κ3) is 7.59. The van der Waals surface area contributed by atoms with E-state index in [2.05, 4.69) is 27.7 Å². The molecule has 1 N–H and O–H groups in total. The molecule has 0 fully saturated rings. The Morgan fingerprint density at radius 2 is 1.54 bits per heavy atom. The van der Waals surface area contributed by atoms with Crippen molar-refractivity contribution in [3.8, 4) is 0 Å². The summed E-state index contributed by atoms with van der Waals surface area (Å²) >= 11 is 0. The van der Waals surface area contributed by atoms with Crippen LogP contribution in [0.4, 0.5) is 0 Å². The number of carboxylic acids is 1. The zero-order valence-corrected chi connectivity index (χ0v) is 16.7. The highest BCUT2D eigenvalue weighted by Gasteiger charge is 2.23. The lowest BCUT2D eigenvalue weighted by molar-refractivity contribution is 0.0118.